The highest BCUT2D eigenvalue weighted by molar-refractivity contribution is 7.90. The van der Waals surface area contributed by atoms with Crippen LogP contribution in [0.1, 0.15) is 15.9 Å². The number of sulfone groups is 1. The van der Waals surface area contributed by atoms with Crippen LogP contribution in [0.25, 0.3) is 0 Å². The predicted octanol–water partition coefficient (Wildman–Crippen LogP) is 2.92. The highest BCUT2D eigenvalue weighted by Crippen LogP contribution is 2.31. The molecule has 5 nitrogen and oxygen atoms in total. The third kappa shape index (κ3) is 5.48. The Balaban J connectivity index is 1.90. The topological polar surface area (TPSA) is 72.5 Å². The molecule has 1 N–H and O–H groups in total. The van der Waals surface area contributed by atoms with Crippen molar-refractivity contribution in [3.05, 3.63) is 59.7 Å². The summed E-state index contributed by atoms with van der Waals surface area (Å²) in [6, 6.07) is 9.95. The summed E-state index contributed by atoms with van der Waals surface area (Å²) >= 11 is 0. The first-order valence-corrected chi connectivity index (χ1v) is 9.35. The Bertz CT molecular complexity index is 895. The highest BCUT2D eigenvalue weighted by Gasteiger charge is 2.30. The fourth-order valence-electron chi connectivity index (χ4n) is 2.07. The number of benzene rings is 2. The van der Waals surface area contributed by atoms with Gasteiger partial charge in [-0.3, -0.25) is 4.79 Å². The zero-order chi connectivity index (χ0) is 19.4. The molecule has 0 saturated carbocycles. The van der Waals surface area contributed by atoms with Crippen molar-refractivity contribution in [2.24, 2.45) is 0 Å². The molecule has 1 amide bonds. The second-order valence-corrected chi connectivity index (χ2v) is 7.45. The van der Waals surface area contributed by atoms with Gasteiger partial charge in [-0.25, -0.2) is 8.42 Å². The maximum Gasteiger partial charge on any atom is 0.416 e. The molecule has 2 aromatic carbocycles. The second-order valence-electron chi connectivity index (χ2n) is 5.43. The largest absolute Gasteiger partial charge is 0.492 e. The van der Waals surface area contributed by atoms with Crippen molar-refractivity contribution in [1.29, 1.82) is 0 Å². The Labute approximate surface area is 148 Å². The summed E-state index contributed by atoms with van der Waals surface area (Å²) in [5.74, 6) is -0.476. The van der Waals surface area contributed by atoms with Gasteiger partial charge < -0.3 is 10.1 Å². The van der Waals surface area contributed by atoms with Crippen LogP contribution in [0.5, 0.6) is 5.75 Å². The normalized spacial score (nSPS) is 11.8. The molecule has 0 fully saturated rings. The van der Waals surface area contributed by atoms with Crippen molar-refractivity contribution in [3.63, 3.8) is 0 Å². The first-order valence-electron chi connectivity index (χ1n) is 7.46. The van der Waals surface area contributed by atoms with Gasteiger partial charge in [0.1, 0.15) is 12.4 Å². The third-order valence-corrected chi connectivity index (χ3v) is 4.45. The van der Waals surface area contributed by atoms with Crippen LogP contribution >= 0.6 is 0 Å². The van der Waals surface area contributed by atoms with Gasteiger partial charge >= 0.3 is 6.18 Å². The minimum Gasteiger partial charge on any atom is -0.492 e. The number of ether oxygens (including phenoxy) is 1. The summed E-state index contributed by atoms with van der Waals surface area (Å²) in [7, 11) is -3.43. The van der Waals surface area contributed by atoms with Gasteiger partial charge in [-0.2, -0.15) is 13.2 Å². The lowest BCUT2D eigenvalue weighted by molar-refractivity contribution is -0.137. The van der Waals surface area contributed by atoms with E-state index in [4.69, 9.17) is 4.74 Å². The molecule has 0 aliphatic heterocycles. The molecule has 140 valence electrons. The average Bonchev–Trinajstić information content (AvgIpc) is 2.57. The summed E-state index contributed by atoms with van der Waals surface area (Å²) in [6.45, 7) is -0.00298. The maximum atomic E-state index is 12.6. The Kier molecular flexibility index (Phi) is 5.91. The van der Waals surface area contributed by atoms with Crippen LogP contribution in [0.2, 0.25) is 0 Å². The summed E-state index contributed by atoms with van der Waals surface area (Å²) in [4.78, 5) is 12.0. The van der Waals surface area contributed by atoms with Crippen LogP contribution < -0.4 is 10.1 Å². The molecular formula is C17H16F3NO4S. The Morgan fingerprint density at radius 3 is 2.46 bits per heavy atom. The van der Waals surface area contributed by atoms with Gasteiger partial charge in [0, 0.05) is 11.8 Å². The number of rotatable bonds is 6. The van der Waals surface area contributed by atoms with E-state index in [2.05, 4.69) is 5.32 Å². The molecule has 0 radical (unpaired) electrons. The standard InChI is InChI=1S/C17H16F3NO4S/c1-26(23,24)15-7-2-4-12(10-15)16(22)21-8-9-25-14-6-3-5-13(11-14)17(18,19)20/h2-7,10-11H,8-9H2,1H3,(H,21,22). The first-order chi connectivity index (χ1) is 12.1. The molecular weight excluding hydrogens is 371 g/mol. The SMILES string of the molecule is CS(=O)(=O)c1cccc(C(=O)NCCOc2cccc(C(F)(F)F)c2)c1. The molecule has 0 aliphatic rings. The number of nitrogens with one attached hydrogen (secondary N) is 1. The van der Waals surface area contributed by atoms with Gasteiger partial charge in [0.15, 0.2) is 9.84 Å². The third-order valence-electron chi connectivity index (χ3n) is 3.34. The average molecular weight is 387 g/mol. The van der Waals surface area contributed by atoms with E-state index in [0.717, 1.165) is 18.4 Å². The van der Waals surface area contributed by atoms with Crippen molar-refractivity contribution in [2.45, 2.75) is 11.1 Å². The lowest BCUT2D eigenvalue weighted by atomic mass is 10.2. The molecule has 0 bridgehead atoms. The van der Waals surface area contributed by atoms with Crippen LogP contribution in [-0.4, -0.2) is 33.7 Å². The van der Waals surface area contributed by atoms with E-state index in [-0.39, 0.29) is 29.4 Å². The molecule has 0 spiro atoms. The summed E-state index contributed by atoms with van der Waals surface area (Å²) in [6.07, 6.45) is -3.43. The molecule has 0 aliphatic carbocycles. The van der Waals surface area contributed by atoms with Gasteiger partial charge in [0.25, 0.3) is 5.91 Å². The lowest BCUT2D eigenvalue weighted by Crippen LogP contribution is -2.28. The molecule has 26 heavy (non-hydrogen) atoms. The van der Waals surface area contributed by atoms with Crippen LogP contribution in [0.3, 0.4) is 0 Å². The maximum absolute atomic E-state index is 12.6. The monoisotopic (exact) mass is 387 g/mol. The van der Waals surface area contributed by atoms with Gasteiger partial charge in [0.05, 0.1) is 17.0 Å². The minimum absolute atomic E-state index is 0.0189. The smallest absolute Gasteiger partial charge is 0.416 e. The number of amides is 1. The van der Waals surface area contributed by atoms with E-state index in [9.17, 15) is 26.4 Å². The van der Waals surface area contributed by atoms with Gasteiger partial charge in [0.2, 0.25) is 0 Å². The Morgan fingerprint density at radius 2 is 1.81 bits per heavy atom. The molecule has 0 aromatic heterocycles. The summed E-state index contributed by atoms with van der Waals surface area (Å²) in [5, 5.41) is 2.51. The quantitative estimate of drug-likeness (QED) is 0.774. The van der Waals surface area contributed by atoms with Crippen LogP contribution in [0, 0.1) is 0 Å². The number of alkyl halides is 3. The van der Waals surface area contributed by atoms with E-state index in [1.807, 2.05) is 0 Å². The first kappa shape index (κ1) is 19.8. The summed E-state index contributed by atoms with van der Waals surface area (Å²) < 4.78 is 66.0. The van der Waals surface area contributed by atoms with Gasteiger partial charge in [-0.1, -0.05) is 12.1 Å². The van der Waals surface area contributed by atoms with E-state index in [1.54, 1.807) is 0 Å². The molecule has 0 unspecified atom stereocenters. The van der Waals surface area contributed by atoms with Crippen molar-refractivity contribution in [1.82, 2.24) is 5.32 Å². The number of halogens is 3. The minimum atomic E-state index is -4.46. The zero-order valence-electron chi connectivity index (χ0n) is 13.7. The highest BCUT2D eigenvalue weighted by atomic mass is 32.2. The predicted molar refractivity (Wildman–Crippen MR) is 88.8 cm³/mol. The van der Waals surface area contributed by atoms with Crippen molar-refractivity contribution in [3.8, 4) is 5.75 Å². The lowest BCUT2D eigenvalue weighted by Gasteiger charge is -2.11. The van der Waals surface area contributed by atoms with Gasteiger partial charge in [-0.15, -0.1) is 0 Å². The number of hydrogen-bond donors (Lipinski definition) is 1. The zero-order valence-corrected chi connectivity index (χ0v) is 14.5. The van der Waals surface area contributed by atoms with E-state index >= 15 is 0 Å². The van der Waals surface area contributed by atoms with Crippen molar-refractivity contribution in [2.75, 3.05) is 19.4 Å². The number of carbonyl (C=O) groups excluding carboxylic acids is 1. The number of hydrogen-bond acceptors (Lipinski definition) is 4. The van der Waals surface area contributed by atoms with Crippen molar-refractivity contribution >= 4 is 15.7 Å². The Hall–Kier alpha value is -2.55. The summed E-state index contributed by atoms with van der Waals surface area (Å²) in [5.41, 5.74) is -0.663. The van der Waals surface area contributed by atoms with Crippen LogP contribution in [0.15, 0.2) is 53.4 Å². The van der Waals surface area contributed by atoms with E-state index in [1.165, 1.54) is 36.4 Å². The molecule has 0 saturated heterocycles. The molecule has 0 atom stereocenters. The van der Waals surface area contributed by atoms with E-state index in [0.29, 0.717) is 0 Å². The fourth-order valence-corrected chi connectivity index (χ4v) is 2.73. The Morgan fingerprint density at radius 1 is 1.12 bits per heavy atom. The van der Waals surface area contributed by atoms with Crippen LogP contribution in [-0.2, 0) is 16.0 Å². The van der Waals surface area contributed by atoms with Gasteiger partial charge in [-0.05, 0) is 36.4 Å². The molecule has 9 heteroatoms. The molecule has 2 rings (SSSR count). The van der Waals surface area contributed by atoms with Crippen molar-refractivity contribution < 1.29 is 31.1 Å². The fraction of sp³-hybridized carbons (Fsp3) is 0.235. The molecule has 0 heterocycles. The van der Waals surface area contributed by atoms with E-state index < -0.39 is 27.5 Å². The van der Waals surface area contributed by atoms with Crippen LogP contribution in [0.4, 0.5) is 13.2 Å². The number of carbonyl (C=O) groups is 1. The second kappa shape index (κ2) is 7.77. The molecule has 2 aromatic rings.